The molecule has 0 radical (unpaired) electrons. The maximum atomic E-state index is 13.1. The molecule has 0 aliphatic carbocycles. The van der Waals surface area contributed by atoms with E-state index in [1.54, 1.807) is 42.7 Å². The number of halogens is 1. The van der Waals surface area contributed by atoms with E-state index in [1.165, 1.54) is 30.3 Å². The Labute approximate surface area is 196 Å². The molecule has 3 aromatic rings. The van der Waals surface area contributed by atoms with Crippen LogP contribution in [0.4, 0.5) is 21.5 Å². The summed E-state index contributed by atoms with van der Waals surface area (Å²) in [6, 6.07) is 12.7. The number of nitrogens with zero attached hydrogens (tertiary/aromatic N) is 3. The molecule has 1 aromatic heterocycles. The Balaban J connectivity index is 1.40. The third-order valence-electron chi connectivity index (χ3n) is 5.62. The van der Waals surface area contributed by atoms with Crippen LogP contribution in [-0.4, -0.2) is 46.8 Å². The van der Waals surface area contributed by atoms with Gasteiger partial charge in [0, 0.05) is 48.7 Å². The molecule has 0 saturated carbocycles. The smallest absolute Gasteiger partial charge is 0.248 e. The molecule has 0 spiro atoms. The highest BCUT2D eigenvalue weighted by Crippen LogP contribution is 2.31. The zero-order chi connectivity index (χ0) is 24.1. The van der Waals surface area contributed by atoms with Crippen molar-refractivity contribution in [2.75, 3.05) is 36.5 Å². The lowest BCUT2D eigenvalue weighted by molar-refractivity contribution is -0.120. The summed E-state index contributed by atoms with van der Waals surface area (Å²) in [6.07, 6.45) is 6.23. The van der Waals surface area contributed by atoms with E-state index in [2.05, 4.69) is 25.5 Å². The standard InChI is InChI=1S/C25H25FN6O2/c1-32-14-19(20(15-32)25(34)30-18-9-7-17(26)8-10-18)24-28-12-16(13-29-24)6-11-23(33)31-22-5-3-2-4-21(22)27/h2-13,19-20H,14-15,27H2,1H3,(H,30,34)(H,31,33). The van der Waals surface area contributed by atoms with Gasteiger partial charge in [0.15, 0.2) is 0 Å². The van der Waals surface area contributed by atoms with Crippen molar-refractivity contribution >= 4 is 35.0 Å². The molecule has 4 rings (SSSR count). The second-order valence-corrected chi connectivity index (χ2v) is 8.21. The van der Waals surface area contributed by atoms with Gasteiger partial charge >= 0.3 is 0 Å². The Hall–Kier alpha value is -4.11. The molecule has 2 amide bonds. The number of hydrogen-bond acceptors (Lipinski definition) is 6. The number of aromatic nitrogens is 2. The van der Waals surface area contributed by atoms with Gasteiger partial charge in [-0.05, 0) is 49.5 Å². The van der Waals surface area contributed by atoms with E-state index in [1.807, 2.05) is 7.05 Å². The molecule has 174 valence electrons. The summed E-state index contributed by atoms with van der Waals surface area (Å²) in [5.74, 6) is -0.823. The fourth-order valence-electron chi connectivity index (χ4n) is 3.88. The largest absolute Gasteiger partial charge is 0.397 e. The van der Waals surface area contributed by atoms with Crippen molar-refractivity contribution in [3.8, 4) is 0 Å². The maximum absolute atomic E-state index is 13.1. The number of para-hydroxylation sites is 2. The van der Waals surface area contributed by atoms with Crippen LogP contribution in [0.5, 0.6) is 0 Å². The van der Waals surface area contributed by atoms with Gasteiger partial charge in [-0.2, -0.15) is 0 Å². The van der Waals surface area contributed by atoms with E-state index in [0.717, 1.165) is 0 Å². The lowest BCUT2D eigenvalue weighted by Gasteiger charge is -2.17. The van der Waals surface area contributed by atoms with Crippen molar-refractivity contribution in [2.45, 2.75) is 5.92 Å². The Morgan fingerprint density at radius 2 is 1.76 bits per heavy atom. The summed E-state index contributed by atoms with van der Waals surface area (Å²) in [5, 5.41) is 5.57. The van der Waals surface area contributed by atoms with Gasteiger partial charge in [0.2, 0.25) is 11.8 Å². The normalized spacial score (nSPS) is 18.2. The van der Waals surface area contributed by atoms with Crippen molar-refractivity contribution in [3.05, 3.63) is 84.2 Å². The first-order valence-corrected chi connectivity index (χ1v) is 10.8. The molecule has 0 bridgehead atoms. The number of rotatable bonds is 6. The summed E-state index contributed by atoms with van der Waals surface area (Å²) in [4.78, 5) is 36.0. The van der Waals surface area contributed by atoms with E-state index in [9.17, 15) is 14.0 Å². The first-order valence-electron chi connectivity index (χ1n) is 10.8. The van der Waals surface area contributed by atoms with Crippen LogP contribution < -0.4 is 16.4 Å². The van der Waals surface area contributed by atoms with Gasteiger partial charge in [0.25, 0.3) is 0 Å². The summed E-state index contributed by atoms with van der Waals surface area (Å²) in [7, 11) is 1.94. The molecule has 1 aliphatic heterocycles. The number of nitrogens with two attached hydrogens (primary N) is 1. The Kier molecular flexibility index (Phi) is 6.93. The molecule has 34 heavy (non-hydrogen) atoms. The lowest BCUT2D eigenvalue weighted by Crippen LogP contribution is -2.29. The highest BCUT2D eigenvalue weighted by molar-refractivity contribution is 6.03. The Morgan fingerprint density at radius 3 is 2.47 bits per heavy atom. The molecule has 1 saturated heterocycles. The fraction of sp³-hybridized carbons (Fsp3) is 0.200. The van der Waals surface area contributed by atoms with E-state index >= 15 is 0 Å². The summed E-state index contributed by atoms with van der Waals surface area (Å²) in [6.45, 7) is 1.20. The van der Waals surface area contributed by atoms with E-state index < -0.39 is 0 Å². The van der Waals surface area contributed by atoms with Gasteiger partial charge in [0.05, 0.1) is 17.3 Å². The first kappa shape index (κ1) is 23.1. The molecule has 2 aromatic carbocycles. The average molecular weight is 461 g/mol. The molecule has 2 unspecified atom stereocenters. The van der Waals surface area contributed by atoms with Crippen LogP contribution >= 0.6 is 0 Å². The molecule has 9 heteroatoms. The second-order valence-electron chi connectivity index (χ2n) is 8.21. The van der Waals surface area contributed by atoms with Gasteiger partial charge in [-0.1, -0.05) is 12.1 Å². The molecular weight excluding hydrogens is 435 g/mol. The molecule has 2 heterocycles. The Bertz CT molecular complexity index is 1200. The van der Waals surface area contributed by atoms with Crippen LogP contribution in [0.25, 0.3) is 6.08 Å². The van der Waals surface area contributed by atoms with E-state index in [4.69, 9.17) is 5.73 Å². The summed E-state index contributed by atoms with van der Waals surface area (Å²) >= 11 is 0. The van der Waals surface area contributed by atoms with Crippen LogP contribution in [0.3, 0.4) is 0 Å². The topological polar surface area (TPSA) is 113 Å². The highest BCUT2D eigenvalue weighted by Gasteiger charge is 2.38. The number of hydrogen-bond donors (Lipinski definition) is 3. The number of nitrogen functional groups attached to an aromatic ring is 1. The molecule has 1 aliphatic rings. The minimum Gasteiger partial charge on any atom is -0.397 e. The SMILES string of the molecule is CN1CC(C(=O)Nc2ccc(F)cc2)C(c2ncc(C=CC(=O)Nc3ccccc3N)cn2)C1. The number of amides is 2. The van der Waals surface area contributed by atoms with Gasteiger partial charge < -0.3 is 21.3 Å². The predicted octanol–water partition coefficient (Wildman–Crippen LogP) is 3.13. The van der Waals surface area contributed by atoms with Gasteiger partial charge in [-0.3, -0.25) is 9.59 Å². The molecular formula is C25H25FN6O2. The highest BCUT2D eigenvalue weighted by atomic mass is 19.1. The van der Waals surface area contributed by atoms with Crippen molar-refractivity contribution < 1.29 is 14.0 Å². The molecule has 2 atom stereocenters. The number of likely N-dealkylation sites (tertiary alicyclic amines) is 1. The maximum Gasteiger partial charge on any atom is 0.248 e. The first-order chi connectivity index (χ1) is 16.4. The predicted molar refractivity (Wildman–Crippen MR) is 129 cm³/mol. The third-order valence-corrected chi connectivity index (χ3v) is 5.62. The zero-order valence-corrected chi connectivity index (χ0v) is 18.6. The van der Waals surface area contributed by atoms with Crippen molar-refractivity contribution in [1.29, 1.82) is 0 Å². The zero-order valence-electron chi connectivity index (χ0n) is 18.6. The quantitative estimate of drug-likeness (QED) is 0.385. The summed E-state index contributed by atoms with van der Waals surface area (Å²) in [5.41, 5.74) is 8.05. The minimum absolute atomic E-state index is 0.162. The third kappa shape index (κ3) is 5.62. The van der Waals surface area contributed by atoms with Crippen molar-refractivity contribution in [1.82, 2.24) is 14.9 Å². The number of likely N-dealkylation sites (N-methyl/N-ethyl adjacent to an activating group) is 1. The molecule has 4 N–H and O–H groups in total. The number of anilines is 3. The van der Waals surface area contributed by atoms with Crippen LogP contribution in [0, 0.1) is 11.7 Å². The second kappa shape index (κ2) is 10.2. The molecule has 8 nitrogen and oxygen atoms in total. The van der Waals surface area contributed by atoms with Crippen LogP contribution in [0.1, 0.15) is 17.3 Å². The van der Waals surface area contributed by atoms with Gasteiger partial charge in [-0.25, -0.2) is 14.4 Å². The monoisotopic (exact) mass is 460 g/mol. The van der Waals surface area contributed by atoms with E-state index in [-0.39, 0.29) is 29.5 Å². The number of nitrogens with one attached hydrogen (secondary N) is 2. The summed E-state index contributed by atoms with van der Waals surface area (Å²) < 4.78 is 13.1. The van der Waals surface area contributed by atoms with Crippen molar-refractivity contribution in [3.63, 3.8) is 0 Å². The van der Waals surface area contributed by atoms with Crippen LogP contribution in [0.15, 0.2) is 67.0 Å². The minimum atomic E-state index is -0.360. The van der Waals surface area contributed by atoms with Gasteiger partial charge in [-0.15, -0.1) is 0 Å². The Morgan fingerprint density at radius 1 is 1.06 bits per heavy atom. The fourth-order valence-corrected chi connectivity index (χ4v) is 3.88. The van der Waals surface area contributed by atoms with Crippen LogP contribution in [0.2, 0.25) is 0 Å². The molecule has 1 fully saturated rings. The number of carbonyl (C=O) groups is 2. The lowest BCUT2D eigenvalue weighted by atomic mass is 9.94. The van der Waals surface area contributed by atoms with E-state index in [0.29, 0.717) is 41.5 Å². The number of benzene rings is 2. The van der Waals surface area contributed by atoms with Crippen molar-refractivity contribution in [2.24, 2.45) is 5.92 Å². The van der Waals surface area contributed by atoms with Gasteiger partial charge in [0.1, 0.15) is 11.6 Å². The number of carbonyl (C=O) groups excluding carboxylic acids is 2. The average Bonchev–Trinajstić information content (AvgIpc) is 3.23. The van der Waals surface area contributed by atoms with Crippen LogP contribution in [-0.2, 0) is 9.59 Å².